The lowest BCUT2D eigenvalue weighted by atomic mass is 9.78. The van der Waals surface area contributed by atoms with Crippen molar-refractivity contribution < 1.29 is 13.6 Å². The van der Waals surface area contributed by atoms with Crippen molar-refractivity contribution in [1.82, 2.24) is 0 Å². The van der Waals surface area contributed by atoms with Crippen molar-refractivity contribution in [3.63, 3.8) is 0 Å². The maximum atomic E-state index is 13.5. The van der Waals surface area contributed by atoms with Gasteiger partial charge < -0.3 is 5.73 Å². The maximum absolute atomic E-state index is 13.5. The zero-order valence-corrected chi connectivity index (χ0v) is 10.2. The van der Waals surface area contributed by atoms with E-state index in [1.54, 1.807) is 0 Å². The van der Waals surface area contributed by atoms with Crippen molar-refractivity contribution in [2.24, 2.45) is 5.73 Å². The number of ketones is 1. The molecule has 0 radical (unpaired) electrons. The fourth-order valence-electron chi connectivity index (χ4n) is 2.50. The Hall–Kier alpha value is -1.29. The molecule has 1 aromatic rings. The van der Waals surface area contributed by atoms with Gasteiger partial charge in [-0.15, -0.1) is 0 Å². The fourth-order valence-corrected chi connectivity index (χ4v) is 2.50. The van der Waals surface area contributed by atoms with Crippen LogP contribution in [0.1, 0.15) is 37.7 Å². The first-order valence-electron chi connectivity index (χ1n) is 6.28. The number of rotatable bonds is 3. The lowest BCUT2D eigenvalue weighted by Gasteiger charge is -2.31. The van der Waals surface area contributed by atoms with Gasteiger partial charge in [0.15, 0.2) is 17.4 Å². The second-order valence-electron chi connectivity index (χ2n) is 5.03. The number of benzene rings is 1. The summed E-state index contributed by atoms with van der Waals surface area (Å²) in [5.41, 5.74) is 5.32. The normalized spacial score (nSPS) is 18.6. The highest BCUT2D eigenvalue weighted by Crippen LogP contribution is 2.28. The van der Waals surface area contributed by atoms with Gasteiger partial charge >= 0.3 is 0 Å². The number of Topliss-reactive ketones (excluding diaryl/α,β-unsaturated/α-hetero) is 1. The molecule has 2 nitrogen and oxygen atoms in total. The van der Waals surface area contributed by atoms with E-state index in [2.05, 4.69) is 0 Å². The highest BCUT2D eigenvalue weighted by molar-refractivity contribution is 5.90. The molecule has 1 fully saturated rings. The third-order valence-corrected chi connectivity index (χ3v) is 3.68. The Labute approximate surface area is 105 Å². The molecule has 1 saturated carbocycles. The van der Waals surface area contributed by atoms with Crippen LogP contribution in [0.15, 0.2) is 18.2 Å². The zero-order chi connectivity index (χ0) is 13.2. The first-order chi connectivity index (χ1) is 8.53. The van der Waals surface area contributed by atoms with E-state index >= 15 is 0 Å². The second kappa shape index (κ2) is 5.14. The molecule has 0 atom stereocenters. The van der Waals surface area contributed by atoms with Crippen LogP contribution < -0.4 is 5.73 Å². The lowest BCUT2D eigenvalue weighted by Crippen LogP contribution is -2.50. The third-order valence-electron chi connectivity index (χ3n) is 3.68. The Bertz CT molecular complexity index is 453. The quantitative estimate of drug-likeness (QED) is 0.900. The van der Waals surface area contributed by atoms with Gasteiger partial charge in [0.2, 0.25) is 0 Å². The van der Waals surface area contributed by atoms with Gasteiger partial charge in [-0.05, 0) is 24.5 Å². The number of carbonyl (C=O) groups is 1. The molecule has 0 bridgehead atoms. The molecule has 2 N–H and O–H groups in total. The topological polar surface area (TPSA) is 43.1 Å². The fraction of sp³-hybridized carbons (Fsp3) is 0.500. The van der Waals surface area contributed by atoms with Gasteiger partial charge in [-0.25, -0.2) is 8.78 Å². The van der Waals surface area contributed by atoms with Crippen LogP contribution >= 0.6 is 0 Å². The van der Waals surface area contributed by atoms with E-state index in [1.165, 1.54) is 12.1 Å². The van der Waals surface area contributed by atoms with Gasteiger partial charge in [-0.1, -0.05) is 31.4 Å². The first kappa shape index (κ1) is 13.1. The minimum Gasteiger partial charge on any atom is -0.319 e. The SMILES string of the molecule is NC1(C(=O)Cc2cccc(F)c2F)CCCCC1. The van der Waals surface area contributed by atoms with Crippen LogP contribution in [-0.2, 0) is 11.2 Å². The van der Waals surface area contributed by atoms with E-state index in [9.17, 15) is 13.6 Å². The van der Waals surface area contributed by atoms with E-state index in [0.29, 0.717) is 12.8 Å². The Morgan fingerprint density at radius 2 is 1.89 bits per heavy atom. The molecule has 98 valence electrons. The summed E-state index contributed by atoms with van der Waals surface area (Å²) in [6.07, 6.45) is 4.09. The molecule has 0 unspecified atom stereocenters. The highest BCUT2D eigenvalue weighted by atomic mass is 19.2. The molecule has 0 spiro atoms. The van der Waals surface area contributed by atoms with Crippen molar-refractivity contribution in [3.8, 4) is 0 Å². The lowest BCUT2D eigenvalue weighted by molar-refractivity contribution is -0.124. The van der Waals surface area contributed by atoms with Gasteiger partial charge in [0.05, 0.1) is 5.54 Å². The summed E-state index contributed by atoms with van der Waals surface area (Å²) in [7, 11) is 0. The Balaban J connectivity index is 2.13. The zero-order valence-electron chi connectivity index (χ0n) is 10.2. The van der Waals surface area contributed by atoms with E-state index in [1.807, 2.05) is 0 Å². The maximum Gasteiger partial charge on any atom is 0.162 e. The van der Waals surface area contributed by atoms with E-state index in [-0.39, 0.29) is 17.8 Å². The average Bonchev–Trinajstić information content (AvgIpc) is 2.36. The second-order valence-corrected chi connectivity index (χ2v) is 5.03. The summed E-state index contributed by atoms with van der Waals surface area (Å²) >= 11 is 0. The Morgan fingerprint density at radius 1 is 1.22 bits per heavy atom. The van der Waals surface area contributed by atoms with Gasteiger partial charge in [-0.2, -0.15) is 0 Å². The van der Waals surface area contributed by atoms with Crippen LogP contribution in [0.25, 0.3) is 0 Å². The van der Waals surface area contributed by atoms with Crippen molar-refractivity contribution >= 4 is 5.78 Å². The molecule has 0 amide bonds. The van der Waals surface area contributed by atoms with Crippen LogP contribution in [0.4, 0.5) is 8.78 Å². The van der Waals surface area contributed by atoms with Crippen LogP contribution in [0.3, 0.4) is 0 Å². The van der Waals surface area contributed by atoms with Crippen molar-refractivity contribution in [2.75, 3.05) is 0 Å². The summed E-state index contributed by atoms with van der Waals surface area (Å²) < 4.78 is 26.5. The molecule has 0 saturated heterocycles. The summed E-state index contributed by atoms with van der Waals surface area (Å²) in [6.45, 7) is 0. The monoisotopic (exact) mass is 253 g/mol. The van der Waals surface area contributed by atoms with Crippen LogP contribution in [0.2, 0.25) is 0 Å². The molecule has 1 aliphatic carbocycles. The molecule has 1 aromatic carbocycles. The minimum absolute atomic E-state index is 0.0930. The van der Waals surface area contributed by atoms with E-state index < -0.39 is 17.2 Å². The molecular formula is C14H17F2NO. The number of halogens is 2. The number of nitrogens with two attached hydrogens (primary N) is 1. The van der Waals surface area contributed by atoms with Gasteiger partial charge in [0, 0.05) is 6.42 Å². The standard InChI is InChI=1S/C14H17F2NO/c15-11-6-4-5-10(13(11)16)9-12(18)14(17)7-2-1-3-8-14/h4-6H,1-3,7-9,17H2. The Kier molecular flexibility index (Phi) is 3.76. The first-order valence-corrected chi connectivity index (χ1v) is 6.28. The summed E-state index contributed by atoms with van der Waals surface area (Å²) in [6, 6.07) is 3.88. The Morgan fingerprint density at radius 3 is 2.56 bits per heavy atom. The van der Waals surface area contributed by atoms with Gasteiger partial charge in [-0.3, -0.25) is 4.79 Å². The number of hydrogen-bond acceptors (Lipinski definition) is 2. The predicted octanol–water partition coefficient (Wildman–Crippen LogP) is 2.74. The van der Waals surface area contributed by atoms with Crippen LogP contribution in [-0.4, -0.2) is 11.3 Å². The summed E-state index contributed by atoms with van der Waals surface area (Å²) in [5, 5.41) is 0. The van der Waals surface area contributed by atoms with Crippen LogP contribution in [0.5, 0.6) is 0 Å². The van der Waals surface area contributed by atoms with Gasteiger partial charge in [0.1, 0.15) is 0 Å². The van der Waals surface area contributed by atoms with E-state index in [4.69, 9.17) is 5.73 Å². The number of hydrogen-bond donors (Lipinski definition) is 1. The minimum atomic E-state index is -0.940. The molecule has 4 heteroatoms. The molecule has 2 rings (SSSR count). The largest absolute Gasteiger partial charge is 0.319 e. The molecule has 0 aliphatic heterocycles. The van der Waals surface area contributed by atoms with Crippen molar-refractivity contribution in [2.45, 2.75) is 44.1 Å². The molecule has 0 heterocycles. The molecule has 18 heavy (non-hydrogen) atoms. The van der Waals surface area contributed by atoms with E-state index in [0.717, 1.165) is 25.3 Å². The summed E-state index contributed by atoms with van der Waals surface area (Å²) in [4.78, 5) is 12.1. The molecular weight excluding hydrogens is 236 g/mol. The molecule has 0 aromatic heterocycles. The van der Waals surface area contributed by atoms with Gasteiger partial charge in [0.25, 0.3) is 0 Å². The van der Waals surface area contributed by atoms with Crippen molar-refractivity contribution in [3.05, 3.63) is 35.4 Å². The number of carbonyl (C=O) groups excluding carboxylic acids is 1. The average molecular weight is 253 g/mol. The summed E-state index contributed by atoms with van der Waals surface area (Å²) in [5.74, 6) is -2.05. The van der Waals surface area contributed by atoms with Crippen LogP contribution in [0, 0.1) is 11.6 Å². The molecule has 1 aliphatic rings. The highest BCUT2D eigenvalue weighted by Gasteiger charge is 2.35. The third kappa shape index (κ3) is 2.58. The smallest absolute Gasteiger partial charge is 0.162 e. The predicted molar refractivity (Wildman–Crippen MR) is 65.1 cm³/mol. The van der Waals surface area contributed by atoms with Crippen molar-refractivity contribution in [1.29, 1.82) is 0 Å².